The average molecular weight is 400 g/mol. The lowest BCUT2D eigenvalue weighted by atomic mass is 10.0. The molecular formula is C22H33N5O2. The number of aliphatic imine (C=N–C) groups is 1. The van der Waals surface area contributed by atoms with E-state index in [4.69, 9.17) is 4.74 Å². The van der Waals surface area contributed by atoms with E-state index in [1.807, 2.05) is 18.2 Å². The number of para-hydroxylation sites is 1. The van der Waals surface area contributed by atoms with Gasteiger partial charge in [-0.25, -0.2) is 4.99 Å². The third-order valence-corrected chi connectivity index (χ3v) is 6.17. The maximum absolute atomic E-state index is 12.1. The van der Waals surface area contributed by atoms with E-state index in [1.165, 1.54) is 12.8 Å². The highest BCUT2D eigenvalue weighted by Crippen LogP contribution is 2.33. The van der Waals surface area contributed by atoms with Crippen molar-refractivity contribution in [2.24, 2.45) is 10.9 Å². The lowest BCUT2D eigenvalue weighted by Crippen LogP contribution is -2.48. The highest BCUT2D eigenvalue weighted by Gasteiger charge is 2.38. The Hall–Kier alpha value is -2.28. The fourth-order valence-electron chi connectivity index (χ4n) is 4.18. The van der Waals surface area contributed by atoms with Crippen LogP contribution in [0.5, 0.6) is 5.75 Å². The molecule has 0 aromatic heterocycles. The Labute approximate surface area is 173 Å². The summed E-state index contributed by atoms with van der Waals surface area (Å²) in [6.07, 6.45) is 3.53. The maximum atomic E-state index is 12.1. The first-order valence-electron chi connectivity index (χ1n) is 10.7. The van der Waals surface area contributed by atoms with Crippen molar-refractivity contribution >= 4 is 11.9 Å². The van der Waals surface area contributed by atoms with E-state index in [9.17, 15) is 4.79 Å². The Bertz CT molecular complexity index is 761. The number of benzene rings is 1. The molecule has 29 heavy (non-hydrogen) atoms. The zero-order valence-electron chi connectivity index (χ0n) is 17.7. The zero-order chi connectivity index (χ0) is 20.4. The first-order valence-corrected chi connectivity index (χ1v) is 10.7. The molecule has 3 aliphatic rings. The van der Waals surface area contributed by atoms with Crippen LogP contribution in [-0.2, 0) is 4.79 Å². The number of guanidine groups is 1. The minimum absolute atomic E-state index is 0.00226. The topological polar surface area (TPSA) is 69.2 Å². The van der Waals surface area contributed by atoms with E-state index < -0.39 is 0 Å². The summed E-state index contributed by atoms with van der Waals surface area (Å²) in [7, 11) is 3.53. The van der Waals surface area contributed by atoms with Crippen LogP contribution in [0.25, 0.3) is 0 Å². The van der Waals surface area contributed by atoms with Gasteiger partial charge in [0.15, 0.2) is 5.96 Å². The summed E-state index contributed by atoms with van der Waals surface area (Å²) in [5.41, 5.74) is 1.14. The second-order valence-corrected chi connectivity index (χ2v) is 8.74. The maximum Gasteiger partial charge on any atom is 0.243 e. The molecule has 2 fully saturated rings. The van der Waals surface area contributed by atoms with E-state index in [1.54, 1.807) is 19.0 Å². The summed E-state index contributed by atoms with van der Waals surface area (Å²) in [4.78, 5) is 20.9. The molecule has 158 valence electrons. The Kier molecular flexibility index (Phi) is 5.94. The lowest BCUT2D eigenvalue weighted by Gasteiger charge is -2.29. The molecule has 0 spiro atoms. The molecule has 1 aromatic carbocycles. The van der Waals surface area contributed by atoms with Gasteiger partial charge in [-0.15, -0.1) is 0 Å². The van der Waals surface area contributed by atoms with Crippen molar-refractivity contribution in [3.63, 3.8) is 0 Å². The molecule has 3 unspecified atom stereocenters. The summed E-state index contributed by atoms with van der Waals surface area (Å²) in [6.45, 7) is 5.28. The summed E-state index contributed by atoms with van der Waals surface area (Å²) in [6, 6.07) is 9.38. The quantitative estimate of drug-likeness (QED) is 0.582. The Morgan fingerprint density at radius 3 is 2.76 bits per heavy atom. The first kappa shape index (κ1) is 20.0. The number of ether oxygens (including phenoxy) is 1. The number of nitrogens with zero attached hydrogens (tertiary/aromatic N) is 3. The van der Waals surface area contributed by atoms with Crippen molar-refractivity contribution in [1.82, 2.24) is 20.4 Å². The van der Waals surface area contributed by atoms with Crippen LogP contribution < -0.4 is 15.4 Å². The molecule has 1 amide bonds. The van der Waals surface area contributed by atoms with Gasteiger partial charge in [0.2, 0.25) is 5.91 Å². The summed E-state index contributed by atoms with van der Waals surface area (Å²) in [5, 5.41) is 7.22. The van der Waals surface area contributed by atoms with Crippen molar-refractivity contribution in [1.29, 1.82) is 0 Å². The Balaban J connectivity index is 1.48. The second kappa shape index (κ2) is 8.61. The number of hydrogen-bond acceptors (Lipinski definition) is 4. The van der Waals surface area contributed by atoms with Gasteiger partial charge in [0.25, 0.3) is 0 Å². The van der Waals surface area contributed by atoms with Crippen LogP contribution in [-0.4, -0.2) is 74.1 Å². The molecule has 2 heterocycles. The van der Waals surface area contributed by atoms with Gasteiger partial charge in [-0.1, -0.05) is 25.1 Å². The standard InChI is InChI=1S/C22H33N5O2/c1-15-13-27(16-8-9-16)14-19(15)25-22(23-12-21(28)26(2)3)24-18-10-11-29-20-7-5-4-6-17(18)20/h4-7,15-16,18-19H,8-14H2,1-3H3,(H2,23,24,25). The lowest BCUT2D eigenvalue weighted by molar-refractivity contribution is -0.127. The third-order valence-electron chi connectivity index (χ3n) is 6.17. The van der Waals surface area contributed by atoms with Crippen LogP contribution in [0.4, 0.5) is 0 Å². The predicted octanol–water partition coefficient (Wildman–Crippen LogP) is 1.62. The molecule has 1 saturated carbocycles. The van der Waals surface area contributed by atoms with Gasteiger partial charge in [0.1, 0.15) is 12.3 Å². The average Bonchev–Trinajstić information content (AvgIpc) is 3.50. The number of hydrogen-bond donors (Lipinski definition) is 2. The van der Waals surface area contributed by atoms with Crippen molar-refractivity contribution < 1.29 is 9.53 Å². The van der Waals surface area contributed by atoms with Gasteiger partial charge < -0.3 is 20.3 Å². The van der Waals surface area contributed by atoms with E-state index in [0.29, 0.717) is 18.6 Å². The Morgan fingerprint density at radius 1 is 1.21 bits per heavy atom. The number of nitrogens with one attached hydrogen (secondary N) is 2. The molecule has 0 bridgehead atoms. The fourth-order valence-corrected chi connectivity index (χ4v) is 4.18. The van der Waals surface area contributed by atoms with E-state index >= 15 is 0 Å². The molecular weight excluding hydrogens is 366 g/mol. The molecule has 0 radical (unpaired) electrons. The van der Waals surface area contributed by atoms with Crippen LogP contribution in [0, 0.1) is 5.92 Å². The van der Waals surface area contributed by atoms with Gasteiger partial charge >= 0.3 is 0 Å². The predicted molar refractivity (Wildman–Crippen MR) is 114 cm³/mol. The monoisotopic (exact) mass is 399 g/mol. The van der Waals surface area contributed by atoms with E-state index in [0.717, 1.165) is 42.8 Å². The molecule has 3 atom stereocenters. The fraction of sp³-hybridized carbons (Fsp3) is 0.636. The van der Waals surface area contributed by atoms with Crippen LogP contribution in [0.15, 0.2) is 29.3 Å². The van der Waals surface area contributed by atoms with Gasteiger partial charge in [-0.05, 0) is 24.8 Å². The van der Waals surface area contributed by atoms with E-state index in [-0.39, 0.29) is 18.5 Å². The Morgan fingerprint density at radius 2 is 2.00 bits per heavy atom. The number of amides is 1. The molecule has 7 heteroatoms. The van der Waals surface area contributed by atoms with Gasteiger partial charge in [-0.3, -0.25) is 9.69 Å². The van der Waals surface area contributed by atoms with Gasteiger partial charge in [0, 0.05) is 51.3 Å². The molecule has 2 aliphatic heterocycles. The number of likely N-dealkylation sites (tertiary alicyclic amines) is 1. The smallest absolute Gasteiger partial charge is 0.243 e. The second-order valence-electron chi connectivity index (χ2n) is 8.74. The zero-order valence-corrected chi connectivity index (χ0v) is 17.7. The normalized spacial score (nSPS) is 27.1. The molecule has 1 aliphatic carbocycles. The first-order chi connectivity index (χ1) is 14.0. The SMILES string of the molecule is CC1CN(C2CC2)CC1NC(=NCC(=O)N(C)C)NC1CCOc2ccccc21. The highest BCUT2D eigenvalue weighted by molar-refractivity contribution is 5.85. The highest BCUT2D eigenvalue weighted by atomic mass is 16.5. The van der Waals surface area contributed by atoms with Crippen LogP contribution in [0.1, 0.15) is 37.8 Å². The van der Waals surface area contributed by atoms with Crippen molar-refractivity contribution in [3.8, 4) is 5.75 Å². The minimum Gasteiger partial charge on any atom is -0.493 e. The van der Waals surface area contributed by atoms with Crippen molar-refractivity contribution in [2.75, 3.05) is 40.3 Å². The van der Waals surface area contributed by atoms with Crippen molar-refractivity contribution in [2.45, 2.75) is 44.3 Å². The molecule has 2 N–H and O–H groups in total. The minimum atomic E-state index is -0.00226. The number of fused-ring (bicyclic) bond motifs is 1. The summed E-state index contributed by atoms with van der Waals surface area (Å²) < 4.78 is 5.80. The van der Waals surface area contributed by atoms with Crippen molar-refractivity contribution in [3.05, 3.63) is 29.8 Å². The number of likely N-dealkylation sites (N-methyl/N-ethyl adjacent to an activating group) is 1. The number of carbonyl (C=O) groups excluding carboxylic acids is 1. The van der Waals surface area contributed by atoms with Crippen LogP contribution in [0.2, 0.25) is 0 Å². The number of rotatable bonds is 5. The summed E-state index contributed by atoms with van der Waals surface area (Å²) in [5.74, 6) is 2.19. The van der Waals surface area contributed by atoms with Gasteiger partial charge in [0.05, 0.1) is 12.6 Å². The van der Waals surface area contributed by atoms with Crippen LogP contribution >= 0.6 is 0 Å². The molecule has 1 saturated heterocycles. The molecule has 1 aromatic rings. The molecule has 4 rings (SSSR count). The van der Waals surface area contributed by atoms with Crippen LogP contribution in [0.3, 0.4) is 0 Å². The van der Waals surface area contributed by atoms with Gasteiger partial charge in [-0.2, -0.15) is 0 Å². The molecule has 7 nitrogen and oxygen atoms in total. The third kappa shape index (κ3) is 4.83. The largest absolute Gasteiger partial charge is 0.493 e. The number of carbonyl (C=O) groups is 1. The summed E-state index contributed by atoms with van der Waals surface area (Å²) >= 11 is 0. The van der Waals surface area contributed by atoms with E-state index in [2.05, 4.69) is 33.5 Å².